The number of carbonyl (C=O) groups excluding carboxylic acids is 2. The van der Waals surface area contributed by atoms with Crippen molar-refractivity contribution in [3.05, 3.63) is 64.7 Å². The molecule has 1 unspecified atom stereocenters. The van der Waals surface area contributed by atoms with Gasteiger partial charge in [0.1, 0.15) is 17.3 Å². The van der Waals surface area contributed by atoms with Crippen LogP contribution in [-0.4, -0.2) is 52.7 Å². The third-order valence-electron chi connectivity index (χ3n) is 5.87. The number of likely N-dealkylation sites (tertiary alicyclic amines) is 1. The highest BCUT2D eigenvalue weighted by Crippen LogP contribution is 2.41. The van der Waals surface area contributed by atoms with Crippen LogP contribution in [0, 0.1) is 0 Å². The second-order valence-electron chi connectivity index (χ2n) is 9.90. The zero-order chi connectivity index (χ0) is 25.9. The lowest BCUT2D eigenvalue weighted by Crippen LogP contribution is -2.33. The normalized spacial score (nSPS) is 17.9. The number of ether oxygens (including phenoxy) is 2. The molecule has 1 atom stereocenters. The van der Waals surface area contributed by atoms with Crippen LogP contribution in [-0.2, 0) is 19.7 Å². The van der Waals surface area contributed by atoms with E-state index in [0.29, 0.717) is 23.5 Å². The van der Waals surface area contributed by atoms with Gasteiger partial charge in [0, 0.05) is 17.7 Å². The van der Waals surface area contributed by atoms with Crippen LogP contribution >= 0.6 is 0 Å². The van der Waals surface area contributed by atoms with Crippen molar-refractivity contribution in [3.8, 4) is 11.5 Å². The molecule has 7 heteroatoms. The molecule has 35 heavy (non-hydrogen) atoms. The summed E-state index contributed by atoms with van der Waals surface area (Å²) in [5.41, 5.74) is 1.51. The van der Waals surface area contributed by atoms with Crippen LogP contribution in [0.15, 0.2) is 48.0 Å². The number of aliphatic hydroxyl groups excluding tert-OH is 1. The van der Waals surface area contributed by atoms with E-state index in [-0.39, 0.29) is 41.8 Å². The maximum atomic E-state index is 13.2. The van der Waals surface area contributed by atoms with Gasteiger partial charge in [0.15, 0.2) is 0 Å². The van der Waals surface area contributed by atoms with E-state index in [2.05, 4.69) is 0 Å². The molecule has 2 aromatic rings. The fraction of sp³-hybridized carbons (Fsp3) is 0.429. The third kappa shape index (κ3) is 5.68. The average Bonchev–Trinajstić information content (AvgIpc) is 3.03. The topological polar surface area (TPSA) is 96.3 Å². The van der Waals surface area contributed by atoms with E-state index in [0.717, 1.165) is 5.56 Å². The highest BCUT2D eigenvalue weighted by atomic mass is 16.5. The van der Waals surface area contributed by atoms with E-state index >= 15 is 0 Å². The minimum Gasteiger partial charge on any atom is -0.508 e. The highest BCUT2D eigenvalue weighted by molar-refractivity contribution is 6.46. The summed E-state index contributed by atoms with van der Waals surface area (Å²) in [6.45, 7) is 12.7. The average molecular weight is 482 g/mol. The molecule has 2 N–H and O–H groups in total. The fourth-order valence-electron chi connectivity index (χ4n) is 4.24. The molecule has 1 heterocycles. The minimum atomic E-state index is -0.859. The zero-order valence-corrected chi connectivity index (χ0v) is 21.3. The molecule has 3 rings (SSSR count). The number of aliphatic hydroxyl groups is 1. The fourth-order valence-corrected chi connectivity index (χ4v) is 4.24. The van der Waals surface area contributed by atoms with Crippen LogP contribution in [0.3, 0.4) is 0 Å². The van der Waals surface area contributed by atoms with Crippen LogP contribution in [0.4, 0.5) is 0 Å². The molecular weight excluding hydrogens is 446 g/mol. The quantitative estimate of drug-likeness (QED) is 0.315. The first-order chi connectivity index (χ1) is 16.5. The van der Waals surface area contributed by atoms with Crippen LogP contribution in [0.5, 0.6) is 11.5 Å². The van der Waals surface area contributed by atoms with Gasteiger partial charge in [-0.3, -0.25) is 9.59 Å². The molecule has 1 fully saturated rings. The summed E-state index contributed by atoms with van der Waals surface area (Å²) < 4.78 is 11.4. The summed E-state index contributed by atoms with van der Waals surface area (Å²) >= 11 is 0. The van der Waals surface area contributed by atoms with E-state index in [1.165, 1.54) is 17.0 Å². The number of ketones is 1. The van der Waals surface area contributed by atoms with E-state index < -0.39 is 17.7 Å². The Hall–Kier alpha value is -3.32. The number of hydrogen-bond donors (Lipinski definition) is 2. The molecule has 1 amide bonds. The summed E-state index contributed by atoms with van der Waals surface area (Å²) in [5.74, 6) is -1.05. The first-order valence-electron chi connectivity index (χ1n) is 11.9. The van der Waals surface area contributed by atoms with E-state index in [9.17, 15) is 19.8 Å². The van der Waals surface area contributed by atoms with E-state index in [1.54, 1.807) is 30.3 Å². The highest BCUT2D eigenvalue weighted by Gasteiger charge is 2.46. The van der Waals surface area contributed by atoms with Gasteiger partial charge in [-0.15, -0.1) is 0 Å². The van der Waals surface area contributed by atoms with Crippen molar-refractivity contribution in [1.29, 1.82) is 0 Å². The lowest BCUT2D eigenvalue weighted by molar-refractivity contribution is -0.140. The molecule has 0 saturated carbocycles. The molecule has 1 saturated heterocycles. The van der Waals surface area contributed by atoms with Crippen molar-refractivity contribution in [1.82, 2.24) is 4.90 Å². The van der Waals surface area contributed by atoms with Crippen molar-refractivity contribution in [2.75, 3.05) is 19.8 Å². The molecule has 7 nitrogen and oxygen atoms in total. The van der Waals surface area contributed by atoms with Crippen molar-refractivity contribution >= 4 is 17.4 Å². The molecule has 0 radical (unpaired) electrons. The molecule has 1 aliphatic heterocycles. The number of aromatic hydroxyl groups is 1. The Morgan fingerprint density at radius 2 is 1.83 bits per heavy atom. The van der Waals surface area contributed by atoms with E-state index in [4.69, 9.17) is 9.47 Å². The van der Waals surface area contributed by atoms with Gasteiger partial charge in [-0.1, -0.05) is 32.9 Å². The Bertz CT molecular complexity index is 1130. The van der Waals surface area contributed by atoms with Crippen molar-refractivity contribution < 1.29 is 29.3 Å². The summed E-state index contributed by atoms with van der Waals surface area (Å²) in [6, 6.07) is 10.8. The minimum absolute atomic E-state index is 0.00241. The van der Waals surface area contributed by atoms with Gasteiger partial charge < -0.3 is 24.6 Å². The van der Waals surface area contributed by atoms with Gasteiger partial charge in [-0.25, -0.2) is 0 Å². The van der Waals surface area contributed by atoms with Crippen LogP contribution < -0.4 is 4.74 Å². The predicted octanol–water partition coefficient (Wildman–Crippen LogP) is 4.94. The lowest BCUT2D eigenvalue weighted by atomic mass is 9.84. The molecule has 188 valence electrons. The van der Waals surface area contributed by atoms with E-state index in [1.807, 2.05) is 41.5 Å². The second-order valence-corrected chi connectivity index (χ2v) is 9.90. The van der Waals surface area contributed by atoms with Crippen LogP contribution in [0.25, 0.3) is 5.76 Å². The number of phenolic OH excluding ortho intramolecular Hbond substituents is 1. The molecule has 0 aliphatic carbocycles. The smallest absolute Gasteiger partial charge is 0.295 e. The van der Waals surface area contributed by atoms with Crippen LogP contribution in [0.1, 0.15) is 64.3 Å². The third-order valence-corrected chi connectivity index (χ3v) is 5.87. The maximum absolute atomic E-state index is 13.2. The number of Topliss-reactive ketones (excluding diaryl/α,β-unsaturated/α-hetero) is 1. The summed E-state index contributed by atoms with van der Waals surface area (Å²) in [5, 5.41) is 21.5. The SMILES string of the molecule is CCOc1ccc(/C(O)=C2/C(=O)C(=O)N(CCOC(C)C)C2c2cccc(O)c2)cc1C(C)(C)C. The Labute approximate surface area is 207 Å². The lowest BCUT2D eigenvalue weighted by Gasteiger charge is -2.26. The Morgan fingerprint density at radius 3 is 2.43 bits per heavy atom. The van der Waals surface area contributed by atoms with Gasteiger partial charge >= 0.3 is 0 Å². The first kappa shape index (κ1) is 26.3. The number of rotatable bonds is 8. The van der Waals surface area contributed by atoms with Gasteiger partial charge in [0.25, 0.3) is 11.7 Å². The summed E-state index contributed by atoms with van der Waals surface area (Å²) in [6.07, 6.45) is -0.0364. The van der Waals surface area contributed by atoms with Gasteiger partial charge in [-0.05, 0) is 62.1 Å². The van der Waals surface area contributed by atoms with Crippen molar-refractivity contribution in [2.24, 2.45) is 0 Å². The van der Waals surface area contributed by atoms with Crippen LogP contribution in [0.2, 0.25) is 0 Å². The number of nitrogens with zero attached hydrogens (tertiary/aromatic N) is 1. The van der Waals surface area contributed by atoms with Gasteiger partial charge in [0.05, 0.1) is 30.9 Å². The summed E-state index contributed by atoms with van der Waals surface area (Å²) in [4.78, 5) is 27.7. The Balaban J connectivity index is 2.16. The maximum Gasteiger partial charge on any atom is 0.295 e. The molecule has 2 aromatic carbocycles. The van der Waals surface area contributed by atoms with Crippen molar-refractivity contribution in [2.45, 2.75) is 59.1 Å². The number of benzene rings is 2. The number of hydrogen-bond acceptors (Lipinski definition) is 6. The summed E-state index contributed by atoms with van der Waals surface area (Å²) in [7, 11) is 0. The molecule has 0 spiro atoms. The molecule has 0 aromatic heterocycles. The molecule has 0 bridgehead atoms. The Morgan fingerprint density at radius 1 is 1.11 bits per heavy atom. The van der Waals surface area contributed by atoms with Crippen molar-refractivity contribution in [3.63, 3.8) is 0 Å². The van der Waals surface area contributed by atoms with Gasteiger partial charge in [0.2, 0.25) is 0 Å². The Kier molecular flexibility index (Phi) is 7.90. The standard InChI is InChI=1S/C28H35NO6/c1-7-34-22-12-11-19(16-21(22)28(4,5)6)25(31)23-24(18-9-8-10-20(30)15-18)29(27(33)26(23)32)13-14-35-17(2)3/h8-12,15-17,24,30-31H,7,13-14H2,1-6H3/b25-23-. The molecular formula is C28H35NO6. The number of amides is 1. The molecule has 1 aliphatic rings. The monoisotopic (exact) mass is 481 g/mol. The number of carbonyl (C=O) groups is 2. The predicted molar refractivity (Wildman–Crippen MR) is 135 cm³/mol. The largest absolute Gasteiger partial charge is 0.508 e. The zero-order valence-electron chi connectivity index (χ0n) is 21.3. The second kappa shape index (κ2) is 10.5. The van der Waals surface area contributed by atoms with Gasteiger partial charge in [-0.2, -0.15) is 0 Å². The number of phenols is 1. The first-order valence-corrected chi connectivity index (χ1v) is 11.9.